The highest BCUT2D eigenvalue weighted by molar-refractivity contribution is 7.16. The molecule has 136 valence electrons. The van der Waals surface area contributed by atoms with Gasteiger partial charge < -0.3 is 19.2 Å². The van der Waals surface area contributed by atoms with Crippen molar-refractivity contribution in [1.29, 1.82) is 0 Å². The third kappa shape index (κ3) is 4.60. The second kappa shape index (κ2) is 8.15. The van der Waals surface area contributed by atoms with Gasteiger partial charge in [-0.15, -0.1) is 11.3 Å². The molecule has 8 heteroatoms. The molecule has 0 aromatic carbocycles. The molecule has 25 heavy (non-hydrogen) atoms. The maximum Gasteiger partial charge on any atom is 0.341 e. The summed E-state index contributed by atoms with van der Waals surface area (Å²) in [4.78, 5) is 36.3. The monoisotopic (exact) mass is 366 g/mol. The molecule has 2 heterocycles. The number of rotatable bonds is 7. The molecule has 0 radical (unpaired) electrons. The van der Waals surface area contributed by atoms with Crippen molar-refractivity contribution in [2.75, 3.05) is 13.2 Å². The number of carbonyl (C=O) groups is 3. The second-order valence-corrected chi connectivity index (χ2v) is 6.66. The normalized spacial score (nSPS) is 10.9. The molecule has 0 saturated heterocycles. The Hall–Kier alpha value is -2.35. The summed E-state index contributed by atoms with van der Waals surface area (Å²) in [6.45, 7) is 7.26. The van der Waals surface area contributed by atoms with Crippen LogP contribution in [-0.4, -0.2) is 41.5 Å². The van der Waals surface area contributed by atoms with Gasteiger partial charge in [-0.05, 0) is 33.3 Å². The average molecular weight is 366 g/mol. The van der Waals surface area contributed by atoms with Crippen LogP contribution in [0.5, 0.6) is 0 Å². The maximum atomic E-state index is 12.3. The van der Waals surface area contributed by atoms with Crippen molar-refractivity contribution in [1.82, 2.24) is 9.72 Å². The fourth-order valence-corrected chi connectivity index (χ4v) is 3.46. The number of ether oxygens (including phenoxy) is 2. The van der Waals surface area contributed by atoms with Gasteiger partial charge in [0.25, 0.3) is 0 Å². The minimum Gasteiger partial charge on any atom is -0.465 e. The molecule has 0 bridgehead atoms. The average Bonchev–Trinajstić information content (AvgIpc) is 3.03. The minimum atomic E-state index is -0.471. The van der Waals surface area contributed by atoms with Gasteiger partial charge in [-0.3, -0.25) is 9.59 Å². The smallest absolute Gasteiger partial charge is 0.341 e. The van der Waals surface area contributed by atoms with Crippen LogP contribution in [0.4, 0.5) is 0 Å². The molecule has 0 saturated carbocycles. The first-order chi connectivity index (χ1) is 11.8. The Morgan fingerprint density at radius 1 is 1.32 bits per heavy atom. The molecule has 2 aromatic heterocycles. The summed E-state index contributed by atoms with van der Waals surface area (Å²) in [7, 11) is 0. The quantitative estimate of drug-likeness (QED) is 0.759. The molecular formula is C17H22N2O5S. The first-order valence-electron chi connectivity index (χ1n) is 8.04. The van der Waals surface area contributed by atoms with Crippen molar-refractivity contribution in [2.45, 2.75) is 40.2 Å². The Morgan fingerprint density at radius 2 is 2.04 bits per heavy atom. The highest BCUT2D eigenvalue weighted by Gasteiger charge is 2.21. The molecule has 0 unspecified atom stereocenters. The van der Waals surface area contributed by atoms with Gasteiger partial charge in [-0.2, -0.15) is 0 Å². The van der Waals surface area contributed by atoms with E-state index in [9.17, 15) is 14.4 Å². The van der Waals surface area contributed by atoms with Crippen molar-refractivity contribution < 1.29 is 23.9 Å². The van der Waals surface area contributed by atoms with Gasteiger partial charge >= 0.3 is 11.9 Å². The zero-order valence-corrected chi connectivity index (χ0v) is 15.6. The van der Waals surface area contributed by atoms with E-state index in [1.54, 1.807) is 20.8 Å². The van der Waals surface area contributed by atoms with Crippen LogP contribution in [0.3, 0.4) is 0 Å². The fourth-order valence-electron chi connectivity index (χ4n) is 2.37. The van der Waals surface area contributed by atoms with Gasteiger partial charge in [0.15, 0.2) is 0 Å². The van der Waals surface area contributed by atoms with E-state index in [2.05, 4.69) is 5.32 Å². The third-order valence-electron chi connectivity index (χ3n) is 3.39. The Bertz CT molecular complexity index is 790. The minimum absolute atomic E-state index is 0.103. The zero-order chi connectivity index (χ0) is 18.6. The second-order valence-electron chi connectivity index (χ2n) is 5.80. The van der Waals surface area contributed by atoms with E-state index in [0.29, 0.717) is 5.56 Å². The van der Waals surface area contributed by atoms with Gasteiger partial charge in [-0.25, -0.2) is 4.79 Å². The summed E-state index contributed by atoms with van der Waals surface area (Å²) in [5.41, 5.74) is 2.07. The van der Waals surface area contributed by atoms with E-state index in [1.165, 1.54) is 11.3 Å². The molecule has 1 N–H and O–H groups in total. The molecule has 0 atom stereocenters. The number of carbonyl (C=O) groups excluding carboxylic acids is 3. The van der Waals surface area contributed by atoms with Gasteiger partial charge in [0, 0.05) is 17.3 Å². The van der Waals surface area contributed by atoms with Crippen molar-refractivity contribution >= 4 is 34.0 Å². The molecule has 0 fully saturated rings. The Balaban J connectivity index is 2.12. The lowest BCUT2D eigenvalue weighted by atomic mass is 10.2. The van der Waals surface area contributed by atoms with Crippen LogP contribution in [0.25, 0.3) is 4.83 Å². The van der Waals surface area contributed by atoms with E-state index >= 15 is 0 Å². The van der Waals surface area contributed by atoms with Crippen molar-refractivity contribution in [3.8, 4) is 0 Å². The number of hydrogen-bond acceptors (Lipinski definition) is 6. The van der Waals surface area contributed by atoms with E-state index < -0.39 is 5.97 Å². The molecule has 2 aromatic rings. The number of nitrogens with zero attached hydrogens (tertiary/aromatic N) is 1. The zero-order valence-electron chi connectivity index (χ0n) is 14.8. The first kappa shape index (κ1) is 19.0. The standard InChI is InChI=1S/C17H22N2O5S/c1-5-23-14(21)7-18-13(20)6-12-9-25-16-15(11(4)8-19(12)16)17(22)24-10(2)3/h8-10H,5-7H2,1-4H3,(H,18,20). The number of aromatic nitrogens is 1. The molecule has 2 rings (SSSR count). The van der Waals surface area contributed by atoms with Crippen LogP contribution in [-0.2, 0) is 25.5 Å². The summed E-state index contributed by atoms with van der Waals surface area (Å²) in [5.74, 6) is -1.12. The van der Waals surface area contributed by atoms with Crippen LogP contribution in [0.15, 0.2) is 11.6 Å². The number of fused-ring (bicyclic) bond motifs is 1. The highest BCUT2D eigenvalue weighted by Crippen LogP contribution is 2.27. The van der Waals surface area contributed by atoms with Crippen LogP contribution in [0.2, 0.25) is 0 Å². The first-order valence-corrected chi connectivity index (χ1v) is 8.92. The lowest BCUT2D eigenvalue weighted by molar-refractivity contribution is -0.143. The molecule has 7 nitrogen and oxygen atoms in total. The summed E-state index contributed by atoms with van der Waals surface area (Å²) in [6.07, 6.45) is 1.72. The van der Waals surface area contributed by atoms with Gasteiger partial charge in [0.2, 0.25) is 5.91 Å². The molecule has 0 aliphatic carbocycles. The van der Waals surface area contributed by atoms with Gasteiger partial charge in [0.05, 0.1) is 24.7 Å². The molecule has 0 aliphatic heterocycles. The van der Waals surface area contributed by atoms with Crippen LogP contribution < -0.4 is 5.32 Å². The number of thiazole rings is 1. The van der Waals surface area contributed by atoms with Gasteiger partial charge in [-0.1, -0.05) is 0 Å². The summed E-state index contributed by atoms with van der Waals surface area (Å²) in [6, 6.07) is 0. The van der Waals surface area contributed by atoms with E-state index in [0.717, 1.165) is 16.1 Å². The molecule has 0 aliphatic rings. The predicted octanol–water partition coefficient (Wildman–Crippen LogP) is 2.10. The Kier molecular flexibility index (Phi) is 6.19. The fraction of sp³-hybridized carbons (Fsp3) is 0.471. The van der Waals surface area contributed by atoms with E-state index in [1.807, 2.05) is 22.9 Å². The number of aryl methyl sites for hydroxylation is 1. The lowest BCUT2D eigenvalue weighted by Crippen LogP contribution is -2.31. The summed E-state index contributed by atoms with van der Waals surface area (Å²) in [5, 5.41) is 4.35. The Labute approximate surface area is 149 Å². The number of esters is 2. The number of amides is 1. The maximum absolute atomic E-state index is 12.3. The summed E-state index contributed by atoms with van der Waals surface area (Å²) < 4.78 is 11.9. The lowest BCUT2D eigenvalue weighted by Gasteiger charge is -2.07. The largest absolute Gasteiger partial charge is 0.465 e. The topological polar surface area (TPSA) is 86.1 Å². The SMILES string of the molecule is CCOC(=O)CNC(=O)Cc1csc2c(C(=O)OC(C)C)c(C)cn12. The molecular weight excluding hydrogens is 344 g/mol. The number of hydrogen-bond donors (Lipinski definition) is 1. The molecule has 0 spiro atoms. The van der Waals surface area contributed by atoms with Crippen LogP contribution >= 0.6 is 11.3 Å². The predicted molar refractivity (Wildman–Crippen MR) is 93.9 cm³/mol. The van der Waals surface area contributed by atoms with Gasteiger partial charge in [0.1, 0.15) is 11.4 Å². The van der Waals surface area contributed by atoms with Crippen molar-refractivity contribution in [2.24, 2.45) is 0 Å². The van der Waals surface area contributed by atoms with E-state index in [4.69, 9.17) is 9.47 Å². The third-order valence-corrected chi connectivity index (χ3v) is 4.40. The van der Waals surface area contributed by atoms with Crippen molar-refractivity contribution in [3.05, 3.63) is 28.4 Å². The summed E-state index contributed by atoms with van der Waals surface area (Å²) >= 11 is 1.38. The molecule has 1 amide bonds. The van der Waals surface area contributed by atoms with Crippen LogP contribution in [0, 0.1) is 6.92 Å². The number of nitrogens with one attached hydrogen (secondary N) is 1. The van der Waals surface area contributed by atoms with Crippen molar-refractivity contribution in [3.63, 3.8) is 0 Å². The van der Waals surface area contributed by atoms with E-state index in [-0.39, 0.29) is 37.6 Å². The Morgan fingerprint density at radius 3 is 2.68 bits per heavy atom. The highest BCUT2D eigenvalue weighted by atomic mass is 32.1. The van der Waals surface area contributed by atoms with Crippen LogP contribution in [0.1, 0.15) is 42.4 Å².